The molecule has 4 rings (SSSR count). The van der Waals surface area contributed by atoms with Gasteiger partial charge in [0.2, 0.25) is 0 Å². The monoisotopic (exact) mass is 508 g/mol. The Balaban J connectivity index is 1.14. The Morgan fingerprint density at radius 1 is 0.868 bits per heavy atom. The van der Waals surface area contributed by atoms with Crippen molar-refractivity contribution in [2.45, 2.75) is 45.1 Å². The summed E-state index contributed by atoms with van der Waals surface area (Å²) in [6, 6.07) is 24.1. The maximum absolute atomic E-state index is 12.3. The number of unbranched alkanes of at least 4 members (excludes halogenated alkanes) is 1. The highest BCUT2D eigenvalue weighted by Crippen LogP contribution is 2.19. The van der Waals surface area contributed by atoms with Crippen LogP contribution in [0.3, 0.4) is 0 Å². The van der Waals surface area contributed by atoms with Crippen LogP contribution in [-0.2, 0) is 16.1 Å². The average molecular weight is 509 g/mol. The molecule has 0 unspecified atom stereocenters. The first kappa shape index (κ1) is 26.6. The fourth-order valence-corrected chi connectivity index (χ4v) is 4.07. The maximum Gasteiger partial charge on any atom is 0.311 e. The van der Waals surface area contributed by atoms with Crippen LogP contribution in [0.2, 0.25) is 0 Å². The zero-order chi connectivity index (χ0) is 26.6. The lowest BCUT2D eigenvalue weighted by atomic mass is 10.1. The van der Waals surface area contributed by atoms with Gasteiger partial charge in [-0.1, -0.05) is 48.6 Å². The van der Waals surface area contributed by atoms with Crippen LogP contribution in [0.5, 0.6) is 5.75 Å². The fraction of sp³-hybridized carbons (Fsp3) is 0.219. The van der Waals surface area contributed by atoms with Gasteiger partial charge in [0.15, 0.2) is 5.78 Å². The van der Waals surface area contributed by atoms with Gasteiger partial charge in [-0.3, -0.25) is 14.4 Å². The van der Waals surface area contributed by atoms with Gasteiger partial charge in [-0.25, -0.2) is 0 Å². The number of ketones is 1. The van der Waals surface area contributed by atoms with E-state index in [1.54, 1.807) is 24.3 Å². The van der Waals surface area contributed by atoms with Gasteiger partial charge in [0.25, 0.3) is 5.91 Å². The molecule has 3 aromatic carbocycles. The minimum Gasteiger partial charge on any atom is -0.427 e. The first-order chi connectivity index (χ1) is 18.6. The zero-order valence-corrected chi connectivity index (χ0v) is 21.3. The summed E-state index contributed by atoms with van der Waals surface area (Å²) in [5.41, 5.74) is 4.24. The van der Waals surface area contributed by atoms with Crippen LogP contribution < -0.4 is 15.4 Å². The van der Waals surface area contributed by atoms with Gasteiger partial charge < -0.3 is 15.4 Å². The highest BCUT2D eigenvalue weighted by atomic mass is 16.5. The zero-order valence-electron chi connectivity index (χ0n) is 21.3. The summed E-state index contributed by atoms with van der Waals surface area (Å²) in [5, 5.41) is 6.24. The van der Waals surface area contributed by atoms with E-state index in [2.05, 4.69) is 10.6 Å². The molecule has 1 aliphatic rings. The molecule has 6 heteroatoms. The summed E-state index contributed by atoms with van der Waals surface area (Å²) in [6.07, 6.45) is 10.0. The molecule has 0 saturated carbocycles. The van der Waals surface area contributed by atoms with Crippen molar-refractivity contribution >= 4 is 29.0 Å². The molecule has 38 heavy (non-hydrogen) atoms. The van der Waals surface area contributed by atoms with Crippen LogP contribution in [0.25, 0.3) is 0 Å². The standard InChI is InChI=1S/C32H32N2O4/c35-30-13-8-12-25(30)9-4-1-2-7-14-31(36)38-29-21-19-27(20-22-29)33-23-24-15-17-28(18-16-24)34-32(37)26-10-5-3-6-11-26/h1,3-6,10-12,15-22,33H,2,7-9,13-14,23H2,(H,34,37). The van der Waals surface area contributed by atoms with E-state index >= 15 is 0 Å². The number of amides is 1. The summed E-state index contributed by atoms with van der Waals surface area (Å²) in [6.45, 7) is 0.616. The predicted octanol–water partition coefficient (Wildman–Crippen LogP) is 6.86. The van der Waals surface area contributed by atoms with Crippen molar-refractivity contribution in [2.75, 3.05) is 10.6 Å². The number of esters is 1. The highest BCUT2D eigenvalue weighted by molar-refractivity contribution is 6.04. The van der Waals surface area contributed by atoms with Gasteiger partial charge in [0, 0.05) is 36.3 Å². The van der Waals surface area contributed by atoms with Crippen LogP contribution in [0, 0.1) is 0 Å². The van der Waals surface area contributed by atoms with Gasteiger partial charge in [0.1, 0.15) is 5.75 Å². The lowest BCUT2D eigenvalue weighted by Gasteiger charge is -2.10. The van der Waals surface area contributed by atoms with Gasteiger partial charge in [-0.2, -0.15) is 0 Å². The van der Waals surface area contributed by atoms with E-state index in [-0.39, 0.29) is 17.7 Å². The lowest BCUT2D eigenvalue weighted by Crippen LogP contribution is -2.11. The molecule has 1 aliphatic carbocycles. The molecule has 0 aromatic heterocycles. The Kier molecular flexibility index (Phi) is 9.63. The third kappa shape index (κ3) is 8.30. The third-order valence-corrected chi connectivity index (χ3v) is 6.21. The minimum atomic E-state index is -0.257. The van der Waals surface area contributed by atoms with Gasteiger partial charge >= 0.3 is 5.97 Å². The molecule has 0 saturated heterocycles. The molecule has 0 radical (unpaired) electrons. The number of Topliss-reactive ketones (excluding diaryl/α,β-unsaturated/α-hetero) is 1. The van der Waals surface area contributed by atoms with Crippen molar-refractivity contribution < 1.29 is 19.1 Å². The molecule has 0 spiro atoms. The molecule has 1 amide bonds. The van der Waals surface area contributed by atoms with Crippen LogP contribution in [-0.4, -0.2) is 17.7 Å². The molecule has 0 aliphatic heterocycles. The Bertz CT molecular complexity index is 1290. The predicted molar refractivity (Wildman–Crippen MR) is 150 cm³/mol. The van der Waals surface area contributed by atoms with Crippen LogP contribution in [0.4, 0.5) is 11.4 Å². The van der Waals surface area contributed by atoms with Crippen molar-refractivity contribution in [2.24, 2.45) is 0 Å². The number of hydrogen-bond acceptors (Lipinski definition) is 5. The van der Waals surface area contributed by atoms with E-state index in [4.69, 9.17) is 4.74 Å². The van der Waals surface area contributed by atoms with Crippen molar-refractivity contribution in [3.05, 3.63) is 114 Å². The Hall–Kier alpha value is -4.45. The summed E-state index contributed by atoms with van der Waals surface area (Å²) < 4.78 is 5.43. The summed E-state index contributed by atoms with van der Waals surface area (Å²) >= 11 is 0. The molecule has 0 bridgehead atoms. The SMILES string of the molecule is O=C(CCCC=CCC1=CCCC1=O)Oc1ccc(NCc2ccc(NC(=O)c3ccccc3)cc2)cc1. The molecule has 0 heterocycles. The molecule has 3 aromatic rings. The molecule has 194 valence electrons. The number of rotatable bonds is 12. The van der Waals surface area contributed by atoms with E-state index in [0.29, 0.717) is 43.5 Å². The number of carbonyl (C=O) groups excluding carboxylic acids is 3. The third-order valence-electron chi connectivity index (χ3n) is 6.21. The number of carbonyl (C=O) groups is 3. The molecule has 2 N–H and O–H groups in total. The van der Waals surface area contributed by atoms with E-state index in [0.717, 1.165) is 35.4 Å². The number of ether oxygens (including phenoxy) is 1. The van der Waals surface area contributed by atoms with Gasteiger partial charge in [-0.15, -0.1) is 0 Å². The Morgan fingerprint density at radius 3 is 2.32 bits per heavy atom. The summed E-state index contributed by atoms with van der Waals surface area (Å²) in [5.74, 6) is 0.369. The quantitative estimate of drug-likeness (QED) is 0.121. The van der Waals surface area contributed by atoms with Crippen molar-refractivity contribution in [3.63, 3.8) is 0 Å². The minimum absolute atomic E-state index is 0.138. The number of anilines is 2. The smallest absolute Gasteiger partial charge is 0.311 e. The Labute approximate surface area is 223 Å². The lowest BCUT2D eigenvalue weighted by molar-refractivity contribution is -0.134. The van der Waals surface area contributed by atoms with Crippen LogP contribution in [0.1, 0.15) is 54.4 Å². The number of nitrogens with one attached hydrogen (secondary N) is 2. The normalized spacial score (nSPS) is 12.8. The van der Waals surface area contributed by atoms with Crippen molar-refractivity contribution in [3.8, 4) is 5.75 Å². The van der Waals surface area contributed by atoms with Crippen LogP contribution >= 0.6 is 0 Å². The van der Waals surface area contributed by atoms with Crippen molar-refractivity contribution in [1.29, 1.82) is 0 Å². The van der Waals surface area contributed by atoms with Crippen molar-refractivity contribution in [1.82, 2.24) is 0 Å². The number of hydrogen-bond donors (Lipinski definition) is 2. The van der Waals surface area contributed by atoms with E-state index in [9.17, 15) is 14.4 Å². The second-order valence-corrected chi connectivity index (χ2v) is 9.13. The summed E-state index contributed by atoms with van der Waals surface area (Å²) in [7, 11) is 0. The topological polar surface area (TPSA) is 84.5 Å². The molecule has 0 fully saturated rings. The van der Waals surface area contributed by atoms with E-state index in [1.165, 1.54) is 0 Å². The molecule has 0 atom stereocenters. The fourth-order valence-electron chi connectivity index (χ4n) is 4.07. The van der Waals surface area contributed by atoms with Gasteiger partial charge in [0.05, 0.1) is 0 Å². The Morgan fingerprint density at radius 2 is 1.61 bits per heavy atom. The number of benzene rings is 3. The highest BCUT2D eigenvalue weighted by Gasteiger charge is 2.12. The van der Waals surface area contributed by atoms with E-state index < -0.39 is 0 Å². The van der Waals surface area contributed by atoms with Crippen LogP contribution in [0.15, 0.2) is 103 Å². The second kappa shape index (κ2) is 13.7. The first-order valence-corrected chi connectivity index (χ1v) is 12.9. The molecular formula is C32H32N2O4. The van der Waals surface area contributed by atoms with E-state index in [1.807, 2.05) is 72.8 Å². The largest absolute Gasteiger partial charge is 0.427 e. The molecule has 6 nitrogen and oxygen atoms in total. The van der Waals surface area contributed by atoms with Gasteiger partial charge in [-0.05, 0) is 85.4 Å². The second-order valence-electron chi connectivity index (χ2n) is 9.13. The number of allylic oxidation sites excluding steroid dienone is 4. The summed E-state index contributed by atoms with van der Waals surface area (Å²) in [4.78, 5) is 36.0. The molecular weight excluding hydrogens is 476 g/mol. The maximum atomic E-state index is 12.3. The first-order valence-electron chi connectivity index (χ1n) is 12.9. The average Bonchev–Trinajstić information content (AvgIpc) is 3.35.